The van der Waals surface area contributed by atoms with Gasteiger partial charge in [0.15, 0.2) is 6.61 Å². The molecule has 15 heavy (non-hydrogen) atoms. The molecule has 0 saturated carbocycles. The molecule has 1 rings (SSSR count). The van der Waals surface area contributed by atoms with Crippen molar-refractivity contribution in [1.82, 2.24) is 4.98 Å². The minimum Gasteiger partial charge on any atom is -0.293 e. The van der Waals surface area contributed by atoms with E-state index in [2.05, 4.69) is 14.8 Å². The minimum atomic E-state index is -3.03. The molecular weight excluding hydrogens is 208 g/mol. The number of pyridine rings is 1. The van der Waals surface area contributed by atoms with Crippen LogP contribution in [0, 0.1) is 0 Å². The molecule has 4 nitrogen and oxygen atoms in total. The van der Waals surface area contributed by atoms with E-state index in [9.17, 15) is 13.6 Å². The average Bonchev–Trinajstić information content (AvgIpc) is 2.17. The minimum absolute atomic E-state index is 0.136. The summed E-state index contributed by atoms with van der Waals surface area (Å²) in [7, 11) is 0. The molecule has 0 unspecified atom stereocenters. The lowest BCUT2D eigenvalue weighted by atomic mass is 10.3. The second-order valence-electron chi connectivity index (χ2n) is 2.94. The highest BCUT2D eigenvalue weighted by Crippen LogP contribution is 2.11. The van der Waals surface area contributed by atoms with Crippen LogP contribution in [0.5, 0.6) is 0 Å². The number of hydrogen-bond acceptors (Lipinski definition) is 4. The maximum atomic E-state index is 12.2. The van der Waals surface area contributed by atoms with Crippen molar-refractivity contribution >= 4 is 5.97 Å². The van der Waals surface area contributed by atoms with Crippen LogP contribution in [0.2, 0.25) is 0 Å². The number of rotatable bonds is 4. The van der Waals surface area contributed by atoms with Crippen LogP contribution >= 0.6 is 0 Å². The third kappa shape index (κ3) is 4.46. The van der Waals surface area contributed by atoms with Crippen LogP contribution < -0.4 is 0 Å². The van der Waals surface area contributed by atoms with E-state index in [0.717, 1.165) is 0 Å². The summed E-state index contributed by atoms with van der Waals surface area (Å²) < 4.78 is 24.5. The molecule has 1 heterocycles. The van der Waals surface area contributed by atoms with E-state index in [-0.39, 0.29) is 5.56 Å². The standard InChI is InChI=1S/C9H9F2NO3/c1-9(10,11)6-14-15-8(13)7-3-2-4-12-5-7/h2-5H,6H2,1H3. The fraction of sp³-hybridized carbons (Fsp3) is 0.333. The van der Waals surface area contributed by atoms with Gasteiger partial charge in [-0.1, -0.05) is 0 Å². The van der Waals surface area contributed by atoms with Gasteiger partial charge in [0.2, 0.25) is 0 Å². The van der Waals surface area contributed by atoms with E-state index in [0.29, 0.717) is 6.92 Å². The van der Waals surface area contributed by atoms with Gasteiger partial charge in [0.25, 0.3) is 5.92 Å². The summed E-state index contributed by atoms with van der Waals surface area (Å²) in [6.45, 7) is -0.316. The maximum absolute atomic E-state index is 12.2. The highest BCUT2D eigenvalue weighted by atomic mass is 19.3. The Labute approximate surface area is 84.8 Å². The lowest BCUT2D eigenvalue weighted by molar-refractivity contribution is -0.273. The van der Waals surface area contributed by atoms with Crippen LogP contribution in [-0.2, 0) is 9.78 Å². The number of carbonyl (C=O) groups is 1. The predicted molar refractivity (Wildman–Crippen MR) is 46.2 cm³/mol. The zero-order chi connectivity index (χ0) is 11.3. The molecule has 82 valence electrons. The molecule has 0 atom stereocenters. The largest absolute Gasteiger partial charge is 0.374 e. The highest BCUT2D eigenvalue weighted by molar-refractivity contribution is 5.88. The van der Waals surface area contributed by atoms with Crippen LogP contribution in [0.1, 0.15) is 17.3 Å². The summed E-state index contributed by atoms with van der Waals surface area (Å²) >= 11 is 0. The van der Waals surface area contributed by atoms with E-state index in [1.165, 1.54) is 24.5 Å². The quantitative estimate of drug-likeness (QED) is 0.570. The third-order valence-corrected chi connectivity index (χ3v) is 1.34. The highest BCUT2D eigenvalue weighted by Gasteiger charge is 2.23. The smallest absolute Gasteiger partial charge is 0.293 e. The maximum Gasteiger partial charge on any atom is 0.374 e. The van der Waals surface area contributed by atoms with Crippen LogP contribution in [0.4, 0.5) is 8.78 Å². The average molecular weight is 217 g/mol. The van der Waals surface area contributed by atoms with E-state index >= 15 is 0 Å². The monoisotopic (exact) mass is 217 g/mol. The SMILES string of the molecule is CC(F)(F)COOC(=O)c1cccnc1. The summed E-state index contributed by atoms with van der Waals surface area (Å²) in [5.74, 6) is -3.89. The van der Waals surface area contributed by atoms with E-state index in [4.69, 9.17) is 0 Å². The van der Waals surface area contributed by atoms with Crippen molar-refractivity contribution < 1.29 is 23.4 Å². The summed E-state index contributed by atoms with van der Waals surface area (Å²) in [6, 6.07) is 2.95. The molecule has 0 fully saturated rings. The molecule has 1 aromatic rings. The molecule has 0 aromatic carbocycles. The number of alkyl halides is 2. The van der Waals surface area contributed by atoms with E-state index < -0.39 is 18.5 Å². The second-order valence-corrected chi connectivity index (χ2v) is 2.94. The molecule has 0 N–H and O–H groups in total. The summed E-state index contributed by atoms with van der Waals surface area (Å²) in [6.07, 6.45) is 2.72. The summed E-state index contributed by atoms with van der Waals surface area (Å²) in [5.41, 5.74) is 0.136. The first-order valence-corrected chi connectivity index (χ1v) is 4.11. The zero-order valence-corrected chi connectivity index (χ0v) is 7.94. The first-order valence-electron chi connectivity index (χ1n) is 4.11. The van der Waals surface area contributed by atoms with Gasteiger partial charge in [0.05, 0.1) is 5.56 Å². The first-order chi connectivity index (χ1) is 6.99. The van der Waals surface area contributed by atoms with Gasteiger partial charge in [-0.25, -0.2) is 13.6 Å². The van der Waals surface area contributed by atoms with Crippen molar-refractivity contribution in [2.45, 2.75) is 12.8 Å². The van der Waals surface area contributed by atoms with Crippen molar-refractivity contribution in [3.05, 3.63) is 30.1 Å². The van der Waals surface area contributed by atoms with Gasteiger partial charge in [-0.2, -0.15) is 4.89 Å². The Bertz CT molecular complexity index is 324. The van der Waals surface area contributed by atoms with Gasteiger partial charge >= 0.3 is 5.97 Å². The van der Waals surface area contributed by atoms with Crippen molar-refractivity contribution in [3.8, 4) is 0 Å². The van der Waals surface area contributed by atoms with Gasteiger partial charge in [0, 0.05) is 19.3 Å². The van der Waals surface area contributed by atoms with Crippen molar-refractivity contribution in [1.29, 1.82) is 0 Å². The molecular formula is C9H9F2NO3. The van der Waals surface area contributed by atoms with Crippen molar-refractivity contribution in [2.75, 3.05) is 6.61 Å². The first kappa shape index (κ1) is 11.5. The van der Waals surface area contributed by atoms with Gasteiger partial charge < -0.3 is 0 Å². The summed E-state index contributed by atoms with van der Waals surface area (Å²) in [4.78, 5) is 23.0. The Hall–Kier alpha value is -1.56. The molecule has 0 aliphatic carbocycles. The normalized spacial score (nSPS) is 11.1. The zero-order valence-electron chi connectivity index (χ0n) is 7.94. The molecule has 0 spiro atoms. The van der Waals surface area contributed by atoms with Gasteiger partial charge in [-0.15, -0.1) is 0 Å². The predicted octanol–water partition coefficient (Wildman–Crippen LogP) is 1.83. The van der Waals surface area contributed by atoms with Crippen LogP contribution in [-0.4, -0.2) is 23.5 Å². The number of halogens is 2. The fourth-order valence-electron chi connectivity index (χ4n) is 0.718. The molecule has 0 bridgehead atoms. The Morgan fingerprint density at radius 1 is 1.60 bits per heavy atom. The molecule has 0 radical (unpaired) electrons. The molecule has 1 aromatic heterocycles. The number of carbonyl (C=O) groups excluding carboxylic acids is 1. The number of nitrogens with zero attached hydrogens (tertiary/aromatic N) is 1. The molecule has 0 aliphatic heterocycles. The number of aromatic nitrogens is 1. The topological polar surface area (TPSA) is 48.4 Å². The Kier molecular flexibility index (Phi) is 3.68. The van der Waals surface area contributed by atoms with Crippen molar-refractivity contribution in [3.63, 3.8) is 0 Å². The lowest BCUT2D eigenvalue weighted by Gasteiger charge is -2.08. The fourth-order valence-corrected chi connectivity index (χ4v) is 0.718. The van der Waals surface area contributed by atoms with Crippen molar-refractivity contribution in [2.24, 2.45) is 0 Å². The van der Waals surface area contributed by atoms with Crippen LogP contribution in [0.3, 0.4) is 0 Å². The molecule has 0 amide bonds. The number of hydrogen-bond donors (Lipinski definition) is 0. The van der Waals surface area contributed by atoms with Crippen LogP contribution in [0.25, 0.3) is 0 Å². The molecule has 0 saturated heterocycles. The second kappa shape index (κ2) is 4.79. The van der Waals surface area contributed by atoms with Crippen LogP contribution in [0.15, 0.2) is 24.5 Å². The summed E-state index contributed by atoms with van der Waals surface area (Å²) in [5, 5.41) is 0. The molecule has 6 heteroatoms. The van der Waals surface area contributed by atoms with Gasteiger partial charge in [0.1, 0.15) is 0 Å². The van der Waals surface area contributed by atoms with E-state index in [1.54, 1.807) is 0 Å². The Balaban J connectivity index is 2.38. The van der Waals surface area contributed by atoms with Gasteiger partial charge in [-0.3, -0.25) is 9.87 Å². The van der Waals surface area contributed by atoms with E-state index in [1.807, 2.05) is 0 Å². The Morgan fingerprint density at radius 2 is 2.33 bits per heavy atom. The third-order valence-electron chi connectivity index (χ3n) is 1.34. The van der Waals surface area contributed by atoms with Gasteiger partial charge in [-0.05, 0) is 12.1 Å². The Morgan fingerprint density at radius 3 is 2.87 bits per heavy atom. The lowest BCUT2D eigenvalue weighted by Crippen LogP contribution is -2.20. The molecule has 0 aliphatic rings.